The van der Waals surface area contributed by atoms with Crippen molar-refractivity contribution in [1.29, 1.82) is 0 Å². The van der Waals surface area contributed by atoms with Crippen molar-refractivity contribution in [1.82, 2.24) is 15.3 Å². The molecule has 1 saturated heterocycles. The number of carbonyl (C=O) groups is 1. The number of nitrogens with one attached hydrogen (secondary N) is 2. The number of hydrogen-bond donors (Lipinski definition) is 2. The molecule has 0 atom stereocenters. The molecule has 1 aliphatic rings. The highest BCUT2D eigenvalue weighted by atomic mass is 16.2. The van der Waals surface area contributed by atoms with Gasteiger partial charge in [-0.1, -0.05) is 30.3 Å². The van der Waals surface area contributed by atoms with Crippen LogP contribution in [0.15, 0.2) is 60.9 Å². The molecule has 1 amide bonds. The molecule has 2 N–H and O–H groups in total. The van der Waals surface area contributed by atoms with Crippen molar-refractivity contribution in [3.05, 3.63) is 66.5 Å². The standard InChI is InChI=1S/C19H18N4O/c24-18(19(12-21-13-19)10-14-4-2-1-3-5-14)23-17-7-6-15-11-20-9-8-16(15)22-17/h1-9,11,21H,10,12-13H2,(H,22,23,24). The van der Waals surface area contributed by atoms with Gasteiger partial charge >= 0.3 is 0 Å². The topological polar surface area (TPSA) is 66.9 Å². The van der Waals surface area contributed by atoms with E-state index in [1.54, 1.807) is 12.4 Å². The summed E-state index contributed by atoms with van der Waals surface area (Å²) >= 11 is 0. The van der Waals surface area contributed by atoms with Gasteiger partial charge in [-0.2, -0.15) is 0 Å². The van der Waals surface area contributed by atoms with Crippen LogP contribution in [0.3, 0.4) is 0 Å². The highest BCUT2D eigenvalue weighted by molar-refractivity contribution is 5.96. The molecule has 0 bridgehead atoms. The van der Waals surface area contributed by atoms with Crippen LogP contribution in [0.2, 0.25) is 0 Å². The maximum atomic E-state index is 12.9. The number of pyridine rings is 2. The van der Waals surface area contributed by atoms with Gasteiger partial charge in [0.2, 0.25) is 5.91 Å². The van der Waals surface area contributed by atoms with Crippen LogP contribution in [0.4, 0.5) is 5.82 Å². The first-order valence-electron chi connectivity index (χ1n) is 8.02. The van der Waals surface area contributed by atoms with Gasteiger partial charge in [0.05, 0.1) is 10.9 Å². The normalized spacial score (nSPS) is 15.7. The number of aromatic nitrogens is 2. The first-order valence-corrected chi connectivity index (χ1v) is 8.02. The Hall–Kier alpha value is -2.79. The van der Waals surface area contributed by atoms with E-state index in [-0.39, 0.29) is 5.91 Å². The Balaban J connectivity index is 1.55. The first-order chi connectivity index (χ1) is 11.8. The van der Waals surface area contributed by atoms with Crippen molar-refractivity contribution in [2.75, 3.05) is 18.4 Å². The summed E-state index contributed by atoms with van der Waals surface area (Å²) in [6.07, 6.45) is 4.19. The van der Waals surface area contributed by atoms with Gasteiger partial charge in [-0.25, -0.2) is 4.98 Å². The Morgan fingerprint density at radius 1 is 1.12 bits per heavy atom. The Kier molecular flexibility index (Phi) is 3.70. The summed E-state index contributed by atoms with van der Waals surface area (Å²) in [5.41, 5.74) is 1.59. The minimum Gasteiger partial charge on any atom is -0.314 e. The monoisotopic (exact) mass is 318 g/mol. The van der Waals surface area contributed by atoms with Crippen LogP contribution in [-0.4, -0.2) is 29.0 Å². The number of benzene rings is 1. The quantitative estimate of drug-likeness (QED) is 0.775. The molecule has 3 heterocycles. The van der Waals surface area contributed by atoms with Gasteiger partial charge in [-0.3, -0.25) is 9.78 Å². The van der Waals surface area contributed by atoms with E-state index in [4.69, 9.17) is 0 Å². The number of carbonyl (C=O) groups excluding carboxylic acids is 1. The lowest BCUT2D eigenvalue weighted by molar-refractivity contribution is -0.128. The van der Waals surface area contributed by atoms with Crippen molar-refractivity contribution >= 4 is 22.6 Å². The molecule has 1 aromatic carbocycles. The third kappa shape index (κ3) is 2.74. The Bertz CT molecular complexity index is 875. The SMILES string of the molecule is O=C(Nc1ccc2cnccc2n1)C1(Cc2ccccc2)CNC1. The second-order valence-corrected chi connectivity index (χ2v) is 6.27. The molecule has 4 rings (SSSR count). The van der Waals surface area contributed by atoms with Crippen LogP contribution >= 0.6 is 0 Å². The van der Waals surface area contributed by atoms with Crippen molar-refractivity contribution in [2.24, 2.45) is 5.41 Å². The molecule has 0 aliphatic carbocycles. The van der Waals surface area contributed by atoms with Crippen molar-refractivity contribution < 1.29 is 4.79 Å². The molecule has 1 aliphatic heterocycles. The van der Waals surface area contributed by atoms with E-state index in [2.05, 4.69) is 32.7 Å². The van der Waals surface area contributed by atoms with E-state index in [1.807, 2.05) is 36.4 Å². The van der Waals surface area contributed by atoms with Gasteiger partial charge in [-0.15, -0.1) is 0 Å². The van der Waals surface area contributed by atoms with Crippen LogP contribution in [0.5, 0.6) is 0 Å². The molecular formula is C19H18N4O. The fourth-order valence-electron chi connectivity index (χ4n) is 3.06. The molecule has 5 nitrogen and oxygen atoms in total. The average molecular weight is 318 g/mol. The lowest BCUT2D eigenvalue weighted by atomic mass is 9.75. The molecular weight excluding hydrogens is 300 g/mol. The second-order valence-electron chi connectivity index (χ2n) is 6.27. The van der Waals surface area contributed by atoms with Crippen molar-refractivity contribution in [3.63, 3.8) is 0 Å². The molecule has 24 heavy (non-hydrogen) atoms. The summed E-state index contributed by atoms with van der Waals surface area (Å²) in [5.74, 6) is 0.601. The number of nitrogens with zero attached hydrogens (tertiary/aromatic N) is 2. The largest absolute Gasteiger partial charge is 0.314 e. The van der Waals surface area contributed by atoms with Crippen molar-refractivity contribution in [3.8, 4) is 0 Å². The fraction of sp³-hybridized carbons (Fsp3) is 0.211. The predicted molar refractivity (Wildman–Crippen MR) is 93.6 cm³/mol. The third-order valence-corrected chi connectivity index (χ3v) is 4.52. The lowest BCUT2D eigenvalue weighted by Gasteiger charge is -2.41. The summed E-state index contributed by atoms with van der Waals surface area (Å²) in [7, 11) is 0. The van der Waals surface area contributed by atoms with Crippen molar-refractivity contribution in [2.45, 2.75) is 6.42 Å². The second kappa shape index (κ2) is 6.02. The lowest BCUT2D eigenvalue weighted by Crippen LogP contribution is -2.61. The maximum Gasteiger partial charge on any atom is 0.234 e. The molecule has 0 radical (unpaired) electrons. The number of fused-ring (bicyclic) bond motifs is 1. The molecule has 0 spiro atoms. The maximum absolute atomic E-state index is 12.9. The Morgan fingerprint density at radius 3 is 2.71 bits per heavy atom. The van der Waals surface area contributed by atoms with Gasteiger partial charge in [-0.05, 0) is 30.2 Å². The third-order valence-electron chi connectivity index (χ3n) is 4.52. The smallest absolute Gasteiger partial charge is 0.234 e. The van der Waals surface area contributed by atoms with Gasteiger partial charge in [0.25, 0.3) is 0 Å². The van der Waals surface area contributed by atoms with Crippen LogP contribution in [0.25, 0.3) is 10.9 Å². The predicted octanol–water partition coefficient (Wildman–Crippen LogP) is 2.40. The van der Waals surface area contributed by atoms with Crippen LogP contribution < -0.4 is 10.6 Å². The van der Waals surface area contributed by atoms with Gasteiger partial charge < -0.3 is 10.6 Å². The number of amides is 1. The molecule has 5 heteroatoms. The first kappa shape index (κ1) is 14.8. The highest BCUT2D eigenvalue weighted by Gasteiger charge is 2.44. The molecule has 3 aromatic rings. The summed E-state index contributed by atoms with van der Waals surface area (Å²) in [6, 6.07) is 15.7. The van der Waals surface area contributed by atoms with E-state index in [9.17, 15) is 4.79 Å². The van der Waals surface area contributed by atoms with Crippen LogP contribution in [-0.2, 0) is 11.2 Å². The highest BCUT2D eigenvalue weighted by Crippen LogP contribution is 2.29. The average Bonchev–Trinajstić information content (AvgIpc) is 2.59. The van der Waals surface area contributed by atoms with E-state index in [0.717, 1.165) is 17.3 Å². The summed E-state index contributed by atoms with van der Waals surface area (Å²) in [4.78, 5) is 21.4. The number of anilines is 1. The minimum atomic E-state index is -0.407. The zero-order valence-corrected chi connectivity index (χ0v) is 13.2. The molecule has 120 valence electrons. The number of rotatable bonds is 4. The molecule has 0 unspecified atom stereocenters. The summed E-state index contributed by atoms with van der Waals surface area (Å²) < 4.78 is 0. The minimum absolute atomic E-state index is 0.0195. The fourth-order valence-corrected chi connectivity index (χ4v) is 3.06. The molecule has 0 saturated carbocycles. The van der Waals surface area contributed by atoms with E-state index >= 15 is 0 Å². The van der Waals surface area contributed by atoms with E-state index in [0.29, 0.717) is 18.9 Å². The zero-order chi connectivity index (χ0) is 16.4. The van der Waals surface area contributed by atoms with E-state index < -0.39 is 5.41 Å². The number of hydrogen-bond acceptors (Lipinski definition) is 4. The van der Waals surface area contributed by atoms with Gasteiger partial charge in [0.1, 0.15) is 5.82 Å². The van der Waals surface area contributed by atoms with Gasteiger partial charge in [0.15, 0.2) is 0 Å². The van der Waals surface area contributed by atoms with Gasteiger partial charge in [0, 0.05) is 30.9 Å². The Morgan fingerprint density at radius 2 is 1.96 bits per heavy atom. The van der Waals surface area contributed by atoms with Crippen LogP contribution in [0, 0.1) is 5.41 Å². The van der Waals surface area contributed by atoms with E-state index in [1.165, 1.54) is 5.56 Å². The molecule has 1 fully saturated rings. The summed E-state index contributed by atoms with van der Waals surface area (Å²) in [6.45, 7) is 1.37. The molecule has 2 aromatic heterocycles. The Labute approximate surface area is 140 Å². The summed E-state index contributed by atoms with van der Waals surface area (Å²) in [5, 5.41) is 7.17. The zero-order valence-electron chi connectivity index (χ0n) is 13.2. The van der Waals surface area contributed by atoms with Crippen LogP contribution in [0.1, 0.15) is 5.56 Å².